The maximum absolute atomic E-state index is 12.6. The zero-order valence-electron chi connectivity index (χ0n) is 13.8. The van der Waals surface area contributed by atoms with Gasteiger partial charge in [-0.15, -0.1) is 12.4 Å². The molecule has 25 heavy (non-hydrogen) atoms. The molecular weight excluding hydrogens is 389 g/mol. The second kappa shape index (κ2) is 10.2. The van der Waals surface area contributed by atoms with Crippen LogP contribution in [0.25, 0.3) is 0 Å². The molecule has 1 aliphatic heterocycles. The van der Waals surface area contributed by atoms with Crippen molar-refractivity contribution in [3.8, 4) is 0 Å². The Morgan fingerprint density at radius 1 is 1.40 bits per heavy atom. The number of carbonyl (C=O) groups is 2. The molecule has 1 fully saturated rings. The lowest BCUT2D eigenvalue weighted by Crippen LogP contribution is -2.55. The van der Waals surface area contributed by atoms with Crippen LogP contribution in [-0.4, -0.2) is 49.1 Å². The molecule has 0 aromatic heterocycles. The van der Waals surface area contributed by atoms with Crippen molar-refractivity contribution >= 4 is 53.1 Å². The first-order chi connectivity index (χ1) is 11.4. The van der Waals surface area contributed by atoms with Crippen molar-refractivity contribution in [2.45, 2.75) is 31.3 Å². The van der Waals surface area contributed by atoms with Gasteiger partial charge in [-0.2, -0.15) is 0 Å². The molecule has 1 aromatic rings. The van der Waals surface area contributed by atoms with Crippen LogP contribution < -0.4 is 11.1 Å². The fourth-order valence-electron chi connectivity index (χ4n) is 2.74. The number of nitrogens with two attached hydrogens (primary N) is 1. The van der Waals surface area contributed by atoms with Crippen LogP contribution in [0.2, 0.25) is 10.0 Å². The number of amides is 2. The van der Waals surface area contributed by atoms with Crippen LogP contribution in [0, 0.1) is 0 Å². The topological polar surface area (TPSA) is 84.7 Å². The summed E-state index contributed by atoms with van der Waals surface area (Å²) in [4.78, 5) is 26.6. The highest BCUT2D eigenvalue weighted by atomic mass is 35.5. The number of anilines is 1. The zero-order chi connectivity index (χ0) is 17.7. The van der Waals surface area contributed by atoms with Crippen LogP contribution in [0.3, 0.4) is 0 Å². The predicted octanol–water partition coefficient (Wildman–Crippen LogP) is 2.71. The second-order valence-electron chi connectivity index (χ2n) is 5.72. The van der Waals surface area contributed by atoms with Crippen molar-refractivity contribution in [2.75, 3.05) is 25.6 Å². The van der Waals surface area contributed by atoms with E-state index in [0.29, 0.717) is 28.7 Å². The summed E-state index contributed by atoms with van der Waals surface area (Å²) in [6.45, 7) is 0.613. The molecule has 6 nitrogen and oxygen atoms in total. The molecule has 1 heterocycles. The molecule has 0 spiro atoms. The highest BCUT2D eigenvalue weighted by Gasteiger charge is 2.34. The first kappa shape index (κ1) is 22.0. The highest BCUT2D eigenvalue weighted by Crippen LogP contribution is 2.27. The van der Waals surface area contributed by atoms with Gasteiger partial charge in [0, 0.05) is 18.7 Å². The normalized spacial score (nSPS) is 18.2. The zero-order valence-corrected chi connectivity index (χ0v) is 16.2. The SMILES string of the molecule is COCC(N)C(=O)N1CCCCC1C(=O)Nc1cc(Cl)ccc1Cl.Cl. The lowest BCUT2D eigenvalue weighted by Gasteiger charge is -2.36. The van der Waals surface area contributed by atoms with Gasteiger partial charge < -0.3 is 20.7 Å². The molecule has 0 radical (unpaired) electrons. The second-order valence-corrected chi connectivity index (χ2v) is 6.56. The van der Waals surface area contributed by atoms with Crippen molar-refractivity contribution in [1.29, 1.82) is 0 Å². The van der Waals surface area contributed by atoms with Gasteiger partial charge in [0.1, 0.15) is 12.1 Å². The lowest BCUT2D eigenvalue weighted by atomic mass is 10.00. The Kier molecular flexibility index (Phi) is 8.96. The number of hydrogen-bond acceptors (Lipinski definition) is 4. The number of likely N-dealkylation sites (tertiary alicyclic amines) is 1. The van der Waals surface area contributed by atoms with E-state index in [1.165, 1.54) is 12.0 Å². The monoisotopic (exact) mass is 409 g/mol. The average molecular weight is 411 g/mol. The highest BCUT2D eigenvalue weighted by molar-refractivity contribution is 6.35. The molecule has 140 valence electrons. The third-order valence-electron chi connectivity index (χ3n) is 3.94. The summed E-state index contributed by atoms with van der Waals surface area (Å²) in [6, 6.07) is 3.47. The summed E-state index contributed by atoms with van der Waals surface area (Å²) in [5, 5.41) is 3.61. The van der Waals surface area contributed by atoms with E-state index in [1.807, 2.05) is 0 Å². The van der Waals surface area contributed by atoms with E-state index >= 15 is 0 Å². The van der Waals surface area contributed by atoms with Crippen molar-refractivity contribution in [3.05, 3.63) is 28.2 Å². The maximum atomic E-state index is 12.6. The molecule has 3 N–H and O–H groups in total. The van der Waals surface area contributed by atoms with Gasteiger partial charge in [-0.05, 0) is 37.5 Å². The summed E-state index contributed by atoms with van der Waals surface area (Å²) >= 11 is 12.0. The first-order valence-corrected chi connectivity index (χ1v) is 8.50. The molecule has 2 amide bonds. The third kappa shape index (κ3) is 5.72. The van der Waals surface area contributed by atoms with E-state index in [2.05, 4.69) is 5.32 Å². The molecule has 0 saturated carbocycles. The lowest BCUT2D eigenvalue weighted by molar-refractivity contribution is -0.142. The van der Waals surface area contributed by atoms with Gasteiger partial charge in [0.15, 0.2) is 0 Å². The van der Waals surface area contributed by atoms with Gasteiger partial charge in [0.2, 0.25) is 11.8 Å². The molecule has 1 saturated heterocycles. The van der Waals surface area contributed by atoms with Crippen LogP contribution >= 0.6 is 35.6 Å². The number of methoxy groups -OCH3 is 1. The van der Waals surface area contributed by atoms with Gasteiger partial charge >= 0.3 is 0 Å². The molecule has 0 bridgehead atoms. The quantitative estimate of drug-likeness (QED) is 0.781. The standard InChI is InChI=1S/C16H21Cl2N3O3.ClH/c1-24-9-12(19)16(23)21-7-3-2-4-14(21)15(22)20-13-8-10(17)5-6-11(13)18;/h5-6,8,12,14H,2-4,7,9,19H2,1H3,(H,20,22);1H. The summed E-state index contributed by atoms with van der Waals surface area (Å²) in [6.07, 6.45) is 2.28. The number of piperidine rings is 1. The van der Waals surface area contributed by atoms with Crippen LogP contribution in [0.15, 0.2) is 18.2 Å². The van der Waals surface area contributed by atoms with Crippen LogP contribution in [-0.2, 0) is 14.3 Å². The van der Waals surface area contributed by atoms with Gasteiger partial charge in [-0.1, -0.05) is 23.2 Å². The molecule has 2 atom stereocenters. The minimum atomic E-state index is -0.779. The molecule has 1 aromatic carbocycles. The summed E-state index contributed by atoms with van der Waals surface area (Å²) in [7, 11) is 1.48. The summed E-state index contributed by atoms with van der Waals surface area (Å²) in [5.74, 6) is -0.578. The largest absolute Gasteiger partial charge is 0.383 e. The van der Waals surface area contributed by atoms with Crippen molar-refractivity contribution in [2.24, 2.45) is 5.73 Å². The van der Waals surface area contributed by atoms with E-state index in [1.54, 1.807) is 18.2 Å². The smallest absolute Gasteiger partial charge is 0.247 e. The van der Waals surface area contributed by atoms with Crippen molar-refractivity contribution in [3.63, 3.8) is 0 Å². The number of ether oxygens (including phenoxy) is 1. The fourth-order valence-corrected chi connectivity index (χ4v) is 3.08. The minimum absolute atomic E-state index is 0. The Morgan fingerprint density at radius 3 is 2.80 bits per heavy atom. The number of rotatable bonds is 5. The van der Waals surface area contributed by atoms with Gasteiger partial charge in [-0.25, -0.2) is 0 Å². The molecule has 1 aliphatic rings. The van der Waals surface area contributed by atoms with E-state index in [9.17, 15) is 9.59 Å². The van der Waals surface area contributed by atoms with Crippen molar-refractivity contribution in [1.82, 2.24) is 4.90 Å². The van der Waals surface area contributed by atoms with Crippen LogP contribution in [0.1, 0.15) is 19.3 Å². The summed E-state index contributed by atoms with van der Waals surface area (Å²) in [5.41, 5.74) is 6.26. The molecule has 2 rings (SSSR count). The Bertz CT molecular complexity index is 616. The molecule has 9 heteroatoms. The minimum Gasteiger partial charge on any atom is -0.383 e. The number of carbonyl (C=O) groups excluding carboxylic acids is 2. The Hall–Kier alpha value is -1.05. The number of nitrogens with zero attached hydrogens (tertiary/aromatic N) is 1. The number of hydrogen-bond donors (Lipinski definition) is 2. The Balaban J connectivity index is 0.00000312. The van der Waals surface area contributed by atoms with Gasteiger partial charge in [0.05, 0.1) is 17.3 Å². The van der Waals surface area contributed by atoms with E-state index in [0.717, 1.165) is 12.8 Å². The van der Waals surface area contributed by atoms with E-state index in [-0.39, 0.29) is 30.8 Å². The number of benzene rings is 1. The Morgan fingerprint density at radius 2 is 2.12 bits per heavy atom. The maximum Gasteiger partial charge on any atom is 0.247 e. The first-order valence-electron chi connectivity index (χ1n) is 7.75. The van der Waals surface area contributed by atoms with E-state index < -0.39 is 12.1 Å². The predicted molar refractivity (Wildman–Crippen MR) is 102 cm³/mol. The molecule has 2 unspecified atom stereocenters. The van der Waals surface area contributed by atoms with Gasteiger partial charge in [0.25, 0.3) is 0 Å². The molecule has 0 aliphatic carbocycles. The Labute approximate surface area is 163 Å². The average Bonchev–Trinajstić information content (AvgIpc) is 2.57. The fraction of sp³-hybridized carbons (Fsp3) is 0.500. The van der Waals surface area contributed by atoms with Crippen molar-refractivity contribution < 1.29 is 14.3 Å². The summed E-state index contributed by atoms with van der Waals surface area (Å²) < 4.78 is 4.93. The van der Waals surface area contributed by atoms with Gasteiger partial charge in [-0.3, -0.25) is 9.59 Å². The van der Waals surface area contributed by atoms with Crippen LogP contribution in [0.5, 0.6) is 0 Å². The number of nitrogens with one attached hydrogen (secondary N) is 1. The number of halogens is 3. The van der Waals surface area contributed by atoms with Crippen LogP contribution in [0.4, 0.5) is 5.69 Å². The van der Waals surface area contributed by atoms with E-state index in [4.69, 9.17) is 33.7 Å². The third-order valence-corrected chi connectivity index (χ3v) is 4.50. The molecular formula is C16H22Cl3N3O3.